The summed E-state index contributed by atoms with van der Waals surface area (Å²) in [5.74, 6) is 0.955. The first-order chi connectivity index (χ1) is 11.8. The average Bonchev–Trinajstić information content (AvgIpc) is 3.06. The highest BCUT2D eigenvalue weighted by Gasteiger charge is 2.25. The van der Waals surface area contributed by atoms with E-state index in [0.29, 0.717) is 11.6 Å². The van der Waals surface area contributed by atoms with Gasteiger partial charge in [0, 0.05) is 23.6 Å². The summed E-state index contributed by atoms with van der Waals surface area (Å²) in [5, 5.41) is 0.684. The maximum absolute atomic E-state index is 13.0. The number of benzene rings is 2. The van der Waals surface area contributed by atoms with Gasteiger partial charge < -0.3 is 10.6 Å². The molecule has 1 aliphatic heterocycles. The van der Waals surface area contributed by atoms with Crippen molar-refractivity contribution in [2.75, 3.05) is 17.2 Å². The minimum atomic E-state index is 0.0526. The minimum Gasteiger partial charge on any atom is -0.393 e. The smallest absolute Gasteiger partial charge is 0.256 e. The summed E-state index contributed by atoms with van der Waals surface area (Å²) < 4.78 is 0. The first kappa shape index (κ1) is 16.7. The molecular formula is C20H22N2OS. The van der Waals surface area contributed by atoms with Crippen LogP contribution in [-0.4, -0.2) is 18.2 Å². The quantitative estimate of drug-likeness (QED) is 0.867. The largest absolute Gasteiger partial charge is 0.393 e. The Hall–Kier alpha value is -2.20. The number of nitrogens with two attached hydrogens (primary N) is 1. The molecule has 1 amide bonds. The first-order valence-electron chi connectivity index (χ1n) is 8.28. The molecule has 0 saturated heterocycles. The molecule has 0 radical (unpaired) electrons. The summed E-state index contributed by atoms with van der Waals surface area (Å²) in [6.07, 6.45) is 2.64. The molecule has 24 heavy (non-hydrogen) atoms. The van der Waals surface area contributed by atoms with Crippen LogP contribution >= 0.6 is 11.8 Å². The summed E-state index contributed by atoms with van der Waals surface area (Å²) in [4.78, 5) is 14.8. The fraction of sp³-hybridized carbons (Fsp3) is 0.250. The molecule has 0 saturated carbocycles. The highest BCUT2D eigenvalue weighted by atomic mass is 32.2. The van der Waals surface area contributed by atoms with E-state index in [-0.39, 0.29) is 5.91 Å². The minimum absolute atomic E-state index is 0.0526. The van der Waals surface area contributed by atoms with Gasteiger partial charge in [-0.1, -0.05) is 48.5 Å². The van der Waals surface area contributed by atoms with Crippen molar-refractivity contribution in [2.24, 2.45) is 5.73 Å². The van der Waals surface area contributed by atoms with E-state index in [4.69, 9.17) is 5.73 Å². The maximum Gasteiger partial charge on any atom is 0.256 e. The Morgan fingerprint density at radius 2 is 1.71 bits per heavy atom. The van der Waals surface area contributed by atoms with E-state index < -0.39 is 0 Å². The van der Waals surface area contributed by atoms with Crippen LogP contribution in [0.15, 0.2) is 71.3 Å². The lowest BCUT2D eigenvalue weighted by atomic mass is 10.1. The fourth-order valence-corrected chi connectivity index (χ4v) is 3.78. The van der Waals surface area contributed by atoms with Gasteiger partial charge in [-0.25, -0.2) is 0 Å². The van der Waals surface area contributed by atoms with Crippen molar-refractivity contribution in [1.29, 1.82) is 0 Å². The summed E-state index contributed by atoms with van der Waals surface area (Å²) in [7, 11) is 0. The summed E-state index contributed by atoms with van der Waals surface area (Å²) >= 11 is 1.58. The number of carbonyl (C=O) groups excluding carboxylic acids is 1. The van der Waals surface area contributed by atoms with Gasteiger partial charge >= 0.3 is 0 Å². The number of thioether (sulfide) groups is 1. The molecule has 2 aromatic rings. The zero-order chi connectivity index (χ0) is 16.8. The van der Waals surface area contributed by atoms with Gasteiger partial charge in [-0.2, -0.15) is 0 Å². The highest BCUT2D eigenvalue weighted by molar-refractivity contribution is 8.03. The van der Waals surface area contributed by atoms with Crippen LogP contribution in [0.5, 0.6) is 0 Å². The lowest BCUT2D eigenvalue weighted by Gasteiger charge is -2.23. The monoisotopic (exact) mass is 338 g/mol. The molecule has 124 valence electrons. The molecule has 1 heterocycles. The Balaban J connectivity index is 1.73. The normalized spacial score (nSPS) is 14.0. The average molecular weight is 338 g/mol. The van der Waals surface area contributed by atoms with Crippen LogP contribution in [0.3, 0.4) is 0 Å². The van der Waals surface area contributed by atoms with E-state index in [1.54, 1.807) is 11.8 Å². The lowest BCUT2D eigenvalue weighted by Crippen LogP contribution is -2.33. The number of aryl methyl sites for hydroxylation is 1. The Morgan fingerprint density at radius 1 is 1.04 bits per heavy atom. The van der Waals surface area contributed by atoms with Crippen LogP contribution < -0.4 is 10.6 Å². The van der Waals surface area contributed by atoms with Crippen LogP contribution in [0.2, 0.25) is 0 Å². The molecule has 3 nitrogen and oxygen atoms in total. The lowest BCUT2D eigenvalue weighted by molar-refractivity contribution is -0.115. The van der Waals surface area contributed by atoms with E-state index in [9.17, 15) is 4.79 Å². The van der Waals surface area contributed by atoms with E-state index in [1.165, 1.54) is 5.56 Å². The molecule has 0 aliphatic carbocycles. The van der Waals surface area contributed by atoms with Gasteiger partial charge in [-0.05, 0) is 37.0 Å². The van der Waals surface area contributed by atoms with E-state index in [0.717, 1.165) is 36.3 Å². The maximum atomic E-state index is 13.0. The number of hydrogen-bond donors (Lipinski definition) is 1. The van der Waals surface area contributed by atoms with Gasteiger partial charge in [0.25, 0.3) is 5.91 Å². The second kappa shape index (κ2) is 8.06. The van der Waals surface area contributed by atoms with Crippen molar-refractivity contribution in [3.05, 3.63) is 76.8 Å². The SMILES string of the molecule is NC1=C(C(=O)N(CCCc2ccccc2)c2ccccc2)CCS1. The third-order valence-corrected chi connectivity index (χ3v) is 5.13. The van der Waals surface area contributed by atoms with Crippen molar-refractivity contribution in [3.63, 3.8) is 0 Å². The van der Waals surface area contributed by atoms with Crippen LogP contribution in [0, 0.1) is 0 Å². The van der Waals surface area contributed by atoms with Crippen LogP contribution in [0.4, 0.5) is 5.69 Å². The van der Waals surface area contributed by atoms with E-state index >= 15 is 0 Å². The zero-order valence-corrected chi connectivity index (χ0v) is 14.5. The Bertz CT molecular complexity index is 713. The number of nitrogens with zero attached hydrogens (tertiary/aromatic N) is 1. The first-order valence-corrected chi connectivity index (χ1v) is 9.26. The molecule has 0 spiro atoms. The number of anilines is 1. The fourth-order valence-electron chi connectivity index (χ4n) is 2.89. The van der Waals surface area contributed by atoms with E-state index in [2.05, 4.69) is 24.3 Å². The van der Waals surface area contributed by atoms with Crippen molar-refractivity contribution in [1.82, 2.24) is 0 Å². The molecule has 0 aromatic heterocycles. The van der Waals surface area contributed by atoms with Gasteiger partial charge in [0.1, 0.15) is 0 Å². The molecule has 4 heteroatoms. The number of carbonyl (C=O) groups is 1. The van der Waals surface area contributed by atoms with Crippen LogP contribution in [0.1, 0.15) is 18.4 Å². The van der Waals surface area contributed by atoms with Crippen molar-refractivity contribution >= 4 is 23.4 Å². The summed E-state index contributed by atoms with van der Waals surface area (Å²) in [6, 6.07) is 20.3. The number of rotatable bonds is 6. The topological polar surface area (TPSA) is 46.3 Å². The second-order valence-electron chi connectivity index (χ2n) is 5.82. The van der Waals surface area contributed by atoms with Crippen molar-refractivity contribution in [3.8, 4) is 0 Å². The molecular weight excluding hydrogens is 316 g/mol. The Morgan fingerprint density at radius 3 is 2.33 bits per heavy atom. The molecule has 2 aromatic carbocycles. The number of para-hydroxylation sites is 1. The van der Waals surface area contributed by atoms with Crippen LogP contribution in [-0.2, 0) is 11.2 Å². The predicted molar refractivity (Wildman–Crippen MR) is 102 cm³/mol. The third-order valence-electron chi connectivity index (χ3n) is 4.17. The molecule has 0 fully saturated rings. The Labute approximate surface area is 147 Å². The molecule has 3 rings (SSSR count). The number of hydrogen-bond acceptors (Lipinski definition) is 3. The molecule has 1 aliphatic rings. The standard InChI is InChI=1S/C20H22N2OS/c21-19-18(13-15-24-19)20(23)22(17-11-5-2-6-12-17)14-7-10-16-8-3-1-4-9-16/h1-6,8-9,11-12H,7,10,13-15,21H2. The molecule has 2 N–H and O–H groups in total. The third kappa shape index (κ3) is 4.01. The summed E-state index contributed by atoms with van der Waals surface area (Å²) in [5.41, 5.74) is 9.01. The molecule has 0 bridgehead atoms. The number of amides is 1. The second-order valence-corrected chi connectivity index (χ2v) is 6.96. The molecule has 0 unspecified atom stereocenters. The summed E-state index contributed by atoms with van der Waals surface area (Å²) in [6.45, 7) is 0.694. The van der Waals surface area contributed by atoms with Crippen molar-refractivity contribution in [2.45, 2.75) is 19.3 Å². The highest BCUT2D eigenvalue weighted by Crippen LogP contribution is 2.30. The van der Waals surface area contributed by atoms with Gasteiger partial charge in [-0.3, -0.25) is 4.79 Å². The Kier molecular flexibility index (Phi) is 5.59. The van der Waals surface area contributed by atoms with Gasteiger partial charge in [0.05, 0.1) is 5.03 Å². The van der Waals surface area contributed by atoms with E-state index in [1.807, 2.05) is 41.3 Å². The van der Waals surface area contributed by atoms with Gasteiger partial charge in [0.2, 0.25) is 0 Å². The molecule has 0 atom stereocenters. The predicted octanol–water partition coefficient (Wildman–Crippen LogP) is 3.96. The van der Waals surface area contributed by atoms with Crippen molar-refractivity contribution < 1.29 is 4.79 Å². The zero-order valence-electron chi connectivity index (χ0n) is 13.7. The van der Waals surface area contributed by atoms with Gasteiger partial charge in [-0.15, -0.1) is 11.8 Å². The van der Waals surface area contributed by atoms with Gasteiger partial charge in [0.15, 0.2) is 0 Å². The van der Waals surface area contributed by atoms with Crippen LogP contribution in [0.25, 0.3) is 0 Å².